The Morgan fingerprint density at radius 1 is 1.17 bits per heavy atom. The maximum Gasteiger partial charge on any atom is 0.261 e. The molecule has 3 rings (SSSR count). The molecule has 0 radical (unpaired) electrons. The van der Waals surface area contributed by atoms with Crippen LogP contribution in [0.25, 0.3) is 0 Å². The summed E-state index contributed by atoms with van der Waals surface area (Å²) in [6.07, 6.45) is 1.89. The van der Waals surface area contributed by atoms with Crippen LogP contribution >= 0.6 is 0 Å². The monoisotopic (exact) mass is 350 g/mol. The van der Waals surface area contributed by atoms with Gasteiger partial charge in [0, 0.05) is 19.6 Å². The third kappa shape index (κ3) is 3.10. The molecule has 130 valence electrons. The summed E-state index contributed by atoms with van der Waals surface area (Å²) in [5.74, 6) is -0.682. The second kappa shape index (κ2) is 6.29. The molecule has 2 aliphatic rings. The van der Waals surface area contributed by atoms with Gasteiger partial charge in [-0.25, -0.2) is 12.7 Å². The molecule has 1 fully saturated rings. The first-order valence-electron chi connectivity index (χ1n) is 8.24. The van der Waals surface area contributed by atoms with Crippen LogP contribution < -0.4 is 0 Å². The SMILES string of the molecule is Cc1ccc2c(c1)C(=O)N(CCS(=O)(=O)N1CCCC(C)C1)C2=O. The molecule has 1 aromatic carbocycles. The van der Waals surface area contributed by atoms with Crippen molar-refractivity contribution < 1.29 is 18.0 Å². The van der Waals surface area contributed by atoms with E-state index < -0.39 is 21.8 Å². The maximum absolute atomic E-state index is 12.5. The van der Waals surface area contributed by atoms with Crippen LogP contribution in [0.4, 0.5) is 0 Å². The number of hydrogen-bond donors (Lipinski definition) is 0. The van der Waals surface area contributed by atoms with Gasteiger partial charge < -0.3 is 0 Å². The minimum atomic E-state index is -3.46. The zero-order valence-corrected chi connectivity index (χ0v) is 14.8. The molecule has 0 saturated carbocycles. The van der Waals surface area contributed by atoms with Gasteiger partial charge in [0.25, 0.3) is 11.8 Å². The third-order valence-corrected chi connectivity index (χ3v) is 6.53. The van der Waals surface area contributed by atoms with Crippen LogP contribution in [0.1, 0.15) is 46.0 Å². The molecule has 0 aliphatic carbocycles. The van der Waals surface area contributed by atoms with Gasteiger partial charge >= 0.3 is 0 Å². The van der Waals surface area contributed by atoms with E-state index in [4.69, 9.17) is 0 Å². The Morgan fingerprint density at radius 2 is 1.88 bits per heavy atom. The van der Waals surface area contributed by atoms with Crippen molar-refractivity contribution >= 4 is 21.8 Å². The molecule has 2 aliphatic heterocycles. The molecule has 6 nitrogen and oxygen atoms in total. The van der Waals surface area contributed by atoms with Crippen LogP contribution in [0.2, 0.25) is 0 Å². The number of hydrogen-bond acceptors (Lipinski definition) is 4. The summed E-state index contributed by atoms with van der Waals surface area (Å²) in [6.45, 7) is 4.83. The Morgan fingerprint density at radius 3 is 2.58 bits per heavy atom. The molecule has 1 aromatic rings. The fraction of sp³-hybridized carbons (Fsp3) is 0.529. The molecule has 0 aromatic heterocycles. The Kier molecular flexibility index (Phi) is 4.48. The first-order chi connectivity index (χ1) is 11.3. The number of fused-ring (bicyclic) bond motifs is 1. The number of benzene rings is 1. The highest BCUT2D eigenvalue weighted by molar-refractivity contribution is 7.89. The highest BCUT2D eigenvalue weighted by Gasteiger charge is 2.37. The molecule has 0 bridgehead atoms. The summed E-state index contributed by atoms with van der Waals surface area (Å²) in [5.41, 5.74) is 1.62. The van der Waals surface area contributed by atoms with E-state index in [-0.39, 0.29) is 12.3 Å². The third-order valence-electron chi connectivity index (χ3n) is 4.71. The number of carbonyl (C=O) groups is 2. The summed E-state index contributed by atoms with van der Waals surface area (Å²) in [5, 5.41) is 0. The van der Waals surface area contributed by atoms with Crippen molar-refractivity contribution in [2.45, 2.75) is 26.7 Å². The van der Waals surface area contributed by atoms with E-state index in [1.54, 1.807) is 18.2 Å². The summed E-state index contributed by atoms with van der Waals surface area (Å²) in [7, 11) is -3.46. The molecule has 7 heteroatoms. The number of piperidine rings is 1. The van der Waals surface area contributed by atoms with E-state index in [0.29, 0.717) is 30.1 Å². The predicted octanol–water partition coefficient (Wildman–Crippen LogP) is 1.65. The first kappa shape index (κ1) is 17.1. The zero-order chi connectivity index (χ0) is 17.5. The van der Waals surface area contributed by atoms with Gasteiger partial charge in [0.15, 0.2) is 0 Å². The number of carbonyl (C=O) groups excluding carboxylic acids is 2. The van der Waals surface area contributed by atoms with E-state index in [2.05, 4.69) is 0 Å². The van der Waals surface area contributed by atoms with Gasteiger partial charge in [0.2, 0.25) is 10.0 Å². The average molecular weight is 350 g/mol. The zero-order valence-electron chi connectivity index (χ0n) is 14.0. The molecule has 0 spiro atoms. The lowest BCUT2D eigenvalue weighted by molar-refractivity contribution is 0.0663. The van der Waals surface area contributed by atoms with Crippen molar-refractivity contribution in [3.8, 4) is 0 Å². The highest BCUT2D eigenvalue weighted by atomic mass is 32.2. The number of amides is 2. The van der Waals surface area contributed by atoms with E-state index in [1.165, 1.54) is 4.31 Å². The topological polar surface area (TPSA) is 74.8 Å². The number of sulfonamides is 1. The number of aryl methyl sites for hydroxylation is 1. The molecule has 0 N–H and O–H groups in total. The van der Waals surface area contributed by atoms with Gasteiger partial charge in [-0.2, -0.15) is 0 Å². The number of imide groups is 1. The lowest BCUT2D eigenvalue weighted by atomic mass is 10.0. The molecule has 1 unspecified atom stereocenters. The van der Waals surface area contributed by atoms with Crippen molar-refractivity contribution in [1.29, 1.82) is 0 Å². The Balaban J connectivity index is 1.71. The van der Waals surface area contributed by atoms with Gasteiger partial charge in [0.1, 0.15) is 0 Å². The smallest absolute Gasteiger partial charge is 0.261 e. The second-order valence-corrected chi connectivity index (χ2v) is 8.82. The molecular formula is C17H22N2O4S. The summed E-state index contributed by atoms with van der Waals surface area (Å²) < 4.78 is 26.5. The van der Waals surface area contributed by atoms with Gasteiger partial charge in [-0.15, -0.1) is 0 Å². The van der Waals surface area contributed by atoms with E-state index in [1.807, 2.05) is 13.8 Å². The lowest BCUT2D eigenvalue weighted by Crippen LogP contribution is -2.43. The minimum Gasteiger partial charge on any atom is -0.273 e. The lowest BCUT2D eigenvalue weighted by Gasteiger charge is -2.30. The van der Waals surface area contributed by atoms with Crippen LogP contribution in [-0.4, -0.2) is 54.8 Å². The van der Waals surface area contributed by atoms with Crippen molar-refractivity contribution in [3.05, 3.63) is 34.9 Å². The Hall–Kier alpha value is -1.73. The normalized spacial score (nSPS) is 22.1. The quantitative estimate of drug-likeness (QED) is 0.774. The minimum absolute atomic E-state index is 0.0986. The molecular weight excluding hydrogens is 328 g/mol. The van der Waals surface area contributed by atoms with Gasteiger partial charge in [-0.05, 0) is 37.8 Å². The highest BCUT2D eigenvalue weighted by Crippen LogP contribution is 2.24. The Labute approximate surface area is 142 Å². The number of nitrogens with zero attached hydrogens (tertiary/aromatic N) is 2. The van der Waals surface area contributed by atoms with Crippen LogP contribution in [0.5, 0.6) is 0 Å². The van der Waals surface area contributed by atoms with Crippen LogP contribution in [0, 0.1) is 12.8 Å². The van der Waals surface area contributed by atoms with Crippen molar-refractivity contribution in [1.82, 2.24) is 9.21 Å². The van der Waals surface area contributed by atoms with Crippen LogP contribution in [0.3, 0.4) is 0 Å². The van der Waals surface area contributed by atoms with Crippen molar-refractivity contribution in [2.75, 3.05) is 25.4 Å². The van der Waals surface area contributed by atoms with Crippen molar-refractivity contribution in [3.63, 3.8) is 0 Å². The second-order valence-electron chi connectivity index (χ2n) is 6.73. The summed E-state index contributed by atoms with van der Waals surface area (Å²) in [6, 6.07) is 5.08. The fourth-order valence-electron chi connectivity index (χ4n) is 3.34. The van der Waals surface area contributed by atoms with E-state index >= 15 is 0 Å². The molecule has 2 heterocycles. The largest absolute Gasteiger partial charge is 0.273 e. The Bertz CT molecular complexity index is 788. The first-order valence-corrected chi connectivity index (χ1v) is 9.85. The molecule has 1 atom stereocenters. The predicted molar refractivity (Wildman–Crippen MR) is 90.3 cm³/mol. The van der Waals surface area contributed by atoms with E-state index in [0.717, 1.165) is 23.3 Å². The van der Waals surface area contributed by atoms with Gasteiger partial charge in [-0.3, -0.25) is 14.5 Å². The fourth-order valence-corrected chi connectivity index (χ4v) is 4.90. The summed E-state index contributed by atoms with van der Waals surface area (Å²) in [4.78, 5) is 25.8. The van der Waals surface area contributed by atoms with Crippen LogP contribution in [-0.2, 0) is 10.0 Å². The molecule has 2 amide bonds. The van der Waals surface area contributed by atoms with E-state index in [9.17, 15) is 18.0 Å². The average Bonchev–Trinajstić information content (AvgIpc) is 2.76. The van der Waals surface area contributed by atoms with Gasteiger partial charge in [0.05, 0.1) is 16.9 Å². The summed E-state index contributed by atoms with van der Waals surface area (Å²) >= 11 is 0. The number of rotatable bonds is 4. The molecule has 1 saturated heterocycles. The standard InChI is InChI=1S/C17H22N2O4S/c1-12-5-6-14-15(10-12)17(21)19(16(14)20)8-9-24(22,23)18-7-3-4-13(2)11-18/h5-6,10,13H,3-4,7-9,11H2,1-2H3. The molecule has 24 heavy (non-hydrogen) atoms. The maximum atomic E-state index is 12.5. The van der Waals surface area contributed by atoms with Crippen molar-refractivity contribution in [2.24, 2.45) is 5.92 Å². The van der Waals surface area contributed by atoms with Crippen LogP contribution in [0.15, 0.2) is 18.2 Å². The van der Waals surface area contributed by atoms with Gasteiger partial charge in [-0.1, -0.05) is 18.6 Å².